The number of ether oxygens (including phenoxy) is 4. The first-order valence-corrected chi connectivity index (χ1v) is 9.58. The first kappa shape index (κ1) is 22.6. The largest absolute Gasteiger partial charge is 0.462 e. The van der Waals surface area contributed by atoms with E-state index in [4.69, 9.17) is 18.9 Å². The highest BCUT2D eigenvalue weighted by molar-refractivity contribution is 5.89. The van der Waals surface area contributed by atoms with Crippen LogP contribution < -0.4 is 4.74 Å². The van der Waals surface area contributed by atoms with E-state index in [1.165, 1.54) is 6.92 Å². The SMILES string of the molecule is CC=C(C)C(=O)Oc1cc(COC(=O)CC(C)C)ccc1C1(COC(C)=O)CO1. The normalized spacial score (nSPS) is 18.3. The summed E-state index contributed by atoms with van der Waals surface area (Å²) in [6, 6.07) is 5.17. The number of allylic oxidation sites excluding steroid dienone is 1. The lowest BCUT2D eigenvalue weighted by molar-refractivity contribution is -0.146. The molecule has 1 aromatic rings. The number of benzene rings is 1. The maximum atomic E-state index is 12.3. The van der Waals surface area contributed by atoms with Crippen LogP contribution in [-0.4, -0.2) is 31.1 Å². The van der Waals surface area contributed by atoms with Crippen molar-refractivity contribution in [1.29, 1.82) is 0 Å². The highest BCUT2D eigenvalue weighted by Crippen LogP contribution is 2.44. The Balaban J connectivity index is 2.25. The van der Waals surface area contributed by atoms with Crippen LogP contribution in [0.4, 0.5) is 0 Å². The molecular formula is C22H28O7. The third kappa shape index (κ3) is 6.42. The van der Waals surface area contributed by atoms with Crippen LogP contribution in [0.5, 0.6) is 5.75 Å². The summed E-state index contributed by atoms with van der Waals surface area (Å²) >= 11 is 0. The molecule has 7 heteroatoms. The molecule has 7 nitrogen and oxygen atoms in total. The first-order valence-electron chi connectivity index (χ1n) is 9.58. The Bertz CT molecular complexity index is 803. The molecule has 0 spiro atoms. The molecule has 1 aliphatic rings. The molecule has 1 heterocycles. The van der Waals surface area contributed by atoms with Crippen LogP contribution in [0, 0.1) is 5.92 Å². The van der Waals surface area contributed by atoms with Crippen LogP contribution >= 0.6 is 0 Å². The van der Waals surface area contributed by atoms with E-state index in [1.807, 2.05) is 13.8 Å². The van der Waals surface area contributed by atoms with E-state index in [0.29, 0.717) is 35.5 Å². The van der Waals surface area contributed by atoms with Gasteiger partial charge in [-0.15, -0.1) is 0 Å². The summed E-state index contributed by atoms with van der Waals surface area (Å²) in [5, 5.41) is 0. The van der Waals surface area contributed by atoms with Crippen molar-refractivity contribution >= 4 is 17.9 Å². The fourth-order valence-electron chi connectivity index (χ4n) is 2.59. The van der Waals surface area contributed by atoms with Gasteiger partial charge in [0.05, 0.1) is 6.61 Å². The number of esters is 3. The molecule has 0 saturated carbocycles. The third-order valence-electron chi connectivity index (χ3n) is 4.47. The number of rotatable bonds is 9. The van der Waals surface area contributed by atoms with Crippen molar-refractivity contribution in [3.63, 3.8) is 0 Å². The zero-order valence-electron chi connectivity index (χ0n) is 17.6. The van der Waals surface area contributed by atoms with Crippen molar-refractivity contribution in [3.05, 3.63) is 41.0 Å². The topological polar surface area (TPSA) is 91.4 Å². The van der Waals surface area contributed by atoms with Gasteiger partial charge >= 0.3 is 17.9 Å². The molecule has 2 rings (SSSR count). The molecule has 1 fully saturated rings. The Labute approximate surface area is 171 Å². The Hall–Kier alpha value is -2.67. The van der Waals surface area contributed by atoms with Gasteiger partial charge in [0.25, 0.3) is 0 Å². The maximum absolute atomic E-state index is 12.3. The highest BCUT2D eigenvalue weighted by Gasteiger charge is 2.50. The molecular weight excluding hydrogens is 376 g/mol. The van der Waals surface area contributed by atoms with Crippen molar-refractivity contribution in [2.75, 3.05) is 13.2 Å². The summed E-state index contributed by atoms with van der Waals surface area (Å²) in [7, 11) is 0. The van der Waals surface area contributed by atoms with E-state index in [9.17, 15) is 14.4 Å². The van der Waals surface area contributed by atoms with Crippen LogP contribution in [0.1, 0.15) is 52.2 Å². The number of hydrogen-bond donors (Lipinski definition) is 0. The van der Waals surface area contributed by atoms with Crippen LogP contribution in [0.15, 0.2) is 29.8 Å². The standard InChI is InChI=1S/C22H28O7/c1-6-15(4)21(25)29-19-10-17(11-26-20(24)9-14(2)3)7-8-18(19)22(13-28-22)12-27-16(5)23/h6-8,10,14H,9,11-13H2,1-5H3. The summed E-state index contributed by atoms with van der Waals surface area (Å²) in [6.07, 6.45) is 1.99. The van der Waals surface area contributed by atoms with Gasteiger partial charge in [0.15, 0.2) is 5.60 Å². The van der Waals surface area contributed by atoms with Gasteiger partial charge in [-0.2, -0.15) is 0 Å². The lowest BCUT2D eigenvalue weighted by Crippen LogP contribution is -2.21. The van der Waals surface area contributed by atoms with Gasteiger partial charge in [-0.05, 0) is 31.4 Å². The lowest BCUT2D eigenvalue weighted by atomic mass is 9.98. The summed E-state index contributed by atoms with van der Waals surface area (Å²) < 4.78 is 21.5. The van der Waals surface area contributed by atoms with E-state index >= 15 is 0 Å². The van der Waals surface area contributed by atoms with Crippen molar-refractivity contribution in [2.24, 2.45) is 5.92 Å². The molecule has 0 bridgehead atoms. The molecule has 0 N–H and O–H groups in total. The first-order chi connectivity index (χ1) is 13.7. The van der Waals surface area contributed by atoms with Crippen molar-refractivity contribution < 1.29 is 33.3 Å². The Kier molecular flexibility index (Phi) is 7.56. The average Bonchev–Trinajstić information content (AvgIpc) is 3.44. The molecule has 1 aliphatic heterocycles. The lowest BCUT2D eigenvalue weighted by Gasteiger charge is -2.18. The molecule has 1 atom stereocenters. The minimum atomic E-state index is -0.835. The number of carbonyl (C=O) groups is 3. The smallest absolute Gasteiger partial charge is 0.338 e. The summed E-state index contributed by atoms with van der Waals surface area (Å²) in [6.45, 7) is 9.03. The average molecular weight is 404 g/mol. The molecule has 0 aliphatic carbocycles. The van der Waals surface area contributed by atoms with Crippen LogP contribution in [0.25, 0.3) is 0 Å². The molecule has 158 valence electrons. The predicted octanol–water partition coefficient (Wildman–Crippen LogP) is 3.44. The summed E-state index contributed by atoms with van der Waals surface area (Å²) in [5.74, 6) is -0.705. The fraction of sp³-hybridized carbons (Fsp3) is 0.500. The number of epoxide rings is 1. The molecule has 0 aromatic heterocycles. The summed E-state index contributed by atoms with van der Waals surface area (Å²) in [5.41, 5.74) is 0.900. The molecule has 0 radical (unpaired) electrons. The van der Waals surface area contributed by atoms with E-state index in [2.05, 4.69) is 0 Å². The predicted molar refractivity (Wildman–Crippen MR) is 105 cm³/mol. The second kappa shape index (κ2) is 9.69. The Morgan fingerprint density at radius 2 is 1.90 bits per heavy atom. The van der Waals surface area contributed by atoms with Crippen LogP contribution in [0.3, 0.4) is 0 Å². The van der Waals surface area contributed by atoms with E-state index in [-0.39, 0.29) is 25.1 Å². The fourth-order valence-corrected chi connectivity index (χ4v) is 2.59. The van der Waals surface area contributed by atoms with Gasteiger partial charge < -0.3 is 18.9 Å². The maximum Gasteiger partial charge on any atom is 0.338 e. The van der Waals surface area contributed by atoms with Crippen molar-refractivity contribution in [1.82, 2.24) is 0 Å². The molecule has 0 amide bonds. The highest BCUT2D eigenvalue weighted by atomic mass is 16.6. The minimum absolute atomic E-state index is 0.0260. The zero-order chi connectivity index (χ0) is 21.6. The quantitative estimate of drug-likeness (QED) is 0.269. The van der Waals surface area contributed by atoms with Gasteiger partial charge in [0.1, 0.15) is 19.0 Å². The van der Waals surface area contributed by atoms with Gasteiger partial charge in [-0.1, -0.05) is 32.1 Å². The van der Waals surface area contributed by atoms with E-state index < -0.39 is 17.5 Å². The number of hydrogen-bond acceptors (Lipinski definition) is 7. The summed E-state index contributed by atoms with van der Waals surface area (Å²) in [4.78, 5) is 35.3. The molecule has 1 saturated heterocycles. The minimum Gasteiger partial charge on any atom is -0.462 e. The third-order valence-corrected chi connectivity index (χ3v) is 4.47. The van der Waals surface area contributed by atoms with Gasteiger partial charge in [-0.25, -0.2) is 4.79 Å². The second-order valence-corrected chi connectivity index (χ2v) is 7.51. The van der Waals surface area contributed by atoms with Gasteiger partial charge in [0, 0.05) is 24.5 Å². The monoisotopic (exact) mass is 404 g/mol. The molecule has 1 aromatic carbocycles. The molecule has 29 heavy (non-hydrogen) atoms. The van der Waals surface area contributed by atoms with Crippen LogP contribution in [0.2, 0.25) is 0 Å². The molecule has 1 unspecified atom stereocenters. The zero-order valence-corrected chi connectivity index (χ0v) is 17.6. The van der Waals surface area contributed by atoms with Gasteiger partial charge in [0.2, 0.25) is 0 Å². The number of carbonyl (C=O) groups excluding carboxylic acids is 3. The van der Waals surface area contributed by atoms with E-state index in [0.717, 1.165) is 0 Å². The van der Waals surface area contributed by atoms with Crippen molar-refractivity contribution in [2.45, 2.75) is 53.2 Å². The Morgan fingerprint density at radius 1 is 1.21 bits per heavy atom. The van der Waals surface area contributed by atoms with Gasteiger partial charge in [-0.3, -0.25) is 9.59 Å². The van der Waals surface area contributed by atoms with E-state index in [1.54, 1.807) is 38.1 Å². The van der Waals surface area contributed by atoms with Crippen LogP contribution in [-0.2, 0) is 40.8 Å². The Morgan fingerprint density at radius 3 is 2.45 bits per heavy atom. The van der Waals surface area contributed by atoms with Crippen molar-refractivity contribution in [3.8, 4) is 5.75 Å². The second-order valence-electron chi connectivity index (χ2n) is 7.51.